The first-order valence-electron chi connectivity index (χ1n) is 6.64. The Kier molecular flexibility index (Phi) is 4.40. The summed E-state index contributed by atoms with van der Waals surface area (Å²) < 4.78 is 25.3. The molecular weight excluding hydrogens is 246 g/mol. The zero-order chi connectivity index (χ0) is 13.0. The molecule has 2 N–H and O–H groups in total. The Labute approximate surface area is 109 Å². The molecule has 2 rings (SSSR count). The van der Waals surface area contributed by atoms with Crippen molar-refractivity contribution < 1.29 is 8.42 Å². The molecule has 0 heterocycles. The molecule has 1 aromatic carbocycles. The fourth-order valence-corrected chi connectivity index (χ4v) is 5.24. The van der Waals surface area contributed by atoms with Gasteiger partial charge in [-0.2, -0.15) is 0 Å². The predicted octanol–water partition coefficient (Wildman–Crippen LogP) is 2.43. The van der Waals surface area contributed by atoms with Crippen molar-refractivity contribution in [1.82, 2.24) is 0 Å². The van der Waals surface area contributed by atoms with E-state index in [0.29, 0.717) is 13.0 Å². The van der Waals surface area contributed by atoms with Crippen molar-refractivity contribution in [3.8, 4) is 0 Å². The third kappa shape index (κ3) is 2.75. The maximum Gasteiger partial charge on any atom is 0.160 e. The summed E-state index contributed by atoms with van der Waals surface area (Å²) in [6.07, 6.45) is 4.22. The number of nitrogens with two attached hydrogens (primary N) is 1. The lowest BCUT2D eigenvalue weighted by atomic mass is 10.1. The maximum atomic E-state index is 12.7. The summed E-state index contributed by atoms with van der Waals surface area (Å²) in [6.45, 7) is 0.408. The van der Waals surface area contributed by atoms with Gasteiger partial charge < -0.3 is 5.73 Å². The minimum absolute atomic E-state index is 0.158. The molecule has 0 spiro atoms. The van der Waals surface area contributed by atoms with Crippen LogP contribution < -0.4 is 5.73 Å². The molecule has 100 valence electrons. The summed E-state index contributed by atoms with van der Waals surface area (Å²) in [7, 11) is -3.10. The molecular formula is C14H21NO2S. The van der Waals surface area contributed by atoms with Crippen LogP contribution in [0.3, 0.4) is 0 Å². The summed E-state index contributed by atoms with van der Waals surface area (Å²) >= 11 is 0. The van der Waals surface area contributed by atoms with Gasteiger partial charge in [-0.1, -0.05) is 43.2 Å². The van der Waals surface area contributed by atoms with Crippen molar-refractivity contribution in [2.75, 3.05) is 6.54 Å². The van der Waals surface area contributed by atoms with E-state index < -0.39 is 15.1 Å². The van der Waals surface area contributed by atoms with Crippen molar-refractivity contribution in [1.29, 1.82) is 0 Å². The lowest BCUT2D eigenvalue weighted by Gasteiger charge is -2.21. The first-order chi connectivity index (χ1) is 8.66. The fourth-order valence-electron chi connectivity index (χ4n) is 2.79. The van der Waals surface area contributed by atoms with Gasteiger partial charge in [0, 0.05) is 0 Å². The van der Waals surface area contributed by atoms with Crippen LogP contribution in [-0.4, -0.2) is 20.2 Å². The van der Waals surface area contributed by atoms with Gasteiger partial charge in [0.05, 0.1) is 10.5 Å². The third-order valence-electron chi connectivity index (χ3n) is 3.76. The van der Waals surface area contributed by atoms with E-state index in [1.807, 2.05) is 30.3 Å². The molecule has 0 amide bonds. The van der Waals surface area contributed by atoms with E-state index in [1.165, 1.54) is 0 Å². The van der Waals surface area contributed by atoms with Gasteiger partial charge in [0.15, 0.2) is 9.84 Å². The van der Waals surface area contributed by atoms with Gasteiger partial charge >= 0.3 is 0 Å². The molecule has 1 fully saturated rings. The number of rotatable bonds is 5. The molecule has 1 aliphatic rings. The van der Waals surface area contributed by atoms with Crippen molar-refractivity contribution >= 4 is 9.84 Å². The van der Waals surface area contributed by atoms with Crippen LogP contribution in [0, 0.1) is 0 Å². The number of hydrogen-bond donors (Lipinski definition) is 1. The van der Waals surface area contributed by atoms with Gasteiger partial charge in [-0.25, -0.2) is 8.42 Å². The van der Waals surface area contributed by atoms with E-state index in [-0.39, 0.29) is 5.25 Å². The molecule has 1 aliphatic carbocycles. The minimum Gasteiger partial charge on any atom is -0.330 e. The first-order valence-corrected chi connectivity index (χ1v) is 8.25. The number of sulfone groups is 1. The van der Waals surface area contributed by atoms with Crippen molar-refractivity contribution in [3.05, 3.63) is 35.9 Å². The maximum absolute atomic E-state index is 12.7. The molecule has 0 saturated heterocycles. The van der Waals surface area contributed by atoms with Gasteiger partial charge in [0.25, 0.3) is 0 Å². The molecule has 1 saturated carbocycles. The van der Waals surface area contributed by atoms with E-state index in [1.54, 1.807) is 0 Å². The van der Waals surface area contributed by atoms with Crippen LogP contribution in [-0.2, 0) is 9.84 Å². The molecule has 3 nitrogen and oxygen atoms in total. The summed E-state index contributed by atoms with van der Waals surface area (Å²) in [6, 6.07) is 9.48. The number of hydrogen-bond acceptors (Lipinski definition) is 3. The van der Waals surface area contributed by atoms with E-state index in [4.69, 9.17) is 5.73 Å². The van der Waals surface area contributed by atoms with Crippen LogP contribution in [0.4, 0.5) is 0 Å². The zero-order valence-electron chi connectivity index (χ0n) is 10.6. The molecule has 1 aromatic rings. The van der Waals surface area contributed by atoms with Crippen LogP contribution in [0.2, 0.25) is 0 Å². The lowest BCUT2D eigenvalue weighted by molar-refractivity contribution is 0.559. The molecule has 0 bridgehead atoms. The Hall–Kier alpha value is -0.870. The van der Waals surface area contributed by atoms with E-state index in [0.717, 1.165) is 31.2 Å². The third-order valence-corrected chi connectivity index (χ3v) is 6.47. The molecule has 1 unspecified atom stereocenters. The largest absolute Gasteiger partial charge is 0.330 e. The highest BCUT2D eigenvalue weighted by Gasteiger charge is 2.35. The van der Waals surface area contributed by atoms with Gasteiger partial charge in [-0.05, 0) is 31.4 Å². The van der Waals surface area contributed by atoms with E-state index >= 15 is 0 Å². The molecule has 0 aliphatic heterocycles. The molecule has 1 atom stereocenters. The summed E-state index contributed by atoms with van der Waals surface area (Å²) in [4.78, 5) is 0. The van der Waals surface area contributed by atoms with Crippen LogP contribution in [0.1, 0.15) is 42.9 Å². The van der Waals surface area contributed by atoms with Gasteiger partial charge in [-0.15, -0.1) is 0 Å². The van der Waals surface area contributed by atoms with Crippen LogP contribution >= 0.6 is 0 Å². The van der Waals surface area contributed by atoms with Crippen molar-refractivity contribution in [2.24, 2.45) is 5.73 Å². The minimum atomic E-state index is -3.10. The second-order valence-corrected chi connectivity index (χ2v) is 7.39. The lowest BCUT2D eigenvalue weighted by Crippen LogP contribution is -2.26. The summed E-state index contributed by atoms with van der Waals surface area (Å²) in [5, 5.41) is -0.582. The van der Waals surface area contributed by atoms with Crippen molar-refractivity contribution in [3.63, 3.8) is 0 Å². The van der Waals surface area contributed by atoms with E-state index in [9.17, 15) is 8.42 Å². The van der Waals surface area contributed by atoms with Crippen LogP contribution in [0.15, 0.2) is 30.3 Å². The Bertz CT molecular complexity index is 464. The first kappa shape index (κ1) is 13.6. The average molecular weight is 267 g/mol. The molecule has 0 radical (unpaired) electrons. The van der Waals surface area contributed by atoms with Crippen molar-refractivity contribution in [2.45, 2.75) is 42.6 Å². The highest BCUT2D eigenvalue weighted by atomic mass is 32.2. The highest BCUT2D eigenvalue weighted by Crippen LogP contribution is 2.35. The Morgan fingerprint density at radius 1 is 1.17 bits per heavy atom. The second-order valence-electron chi connectivity index (χ2n) is 4.97. The Balaban J connectivity index is 2.29. The SMILES string of the molecule is NCCC(c1ccccc1)S(=O)(=O)C1CCCC1. The normalized spacial score (nSPS) is 18.9. The smallest absolute Gasteiger partial charge is 0.160 e. The van der Waals surface area contributed by atoms with Gasteiger partial charge in [0.1, 0.15) is 0 Å². The van der Waals surface area contributed by atoms with Crippen LogP contribution in [0.5, 0.6) is 0 Å². The number of benzene rings is 1. The zero-order valence-corrected chi connectivity index (χ0v) is 11.4. The highest BCUT2D eigenvalue weighted by molar-refractivity contribution is 7.92. The monoisotopic (exact) mass is 267 g/mol. The second kappa shape index (κ2) is 5.85. The van der Waals surface area contributed by atoms with E-state index in [2.05, 4.69) is 0 Å². The predicted molar refractivity (Wildman–Crippen MR) is 74.0 cm³/mol. The molecule has 0 aromatic heterocycles. The topological polar surface area (TPSA) is 60.2 Å². The summed E-state index contributed by atoms with van der Waals surface area (Å²) in [5.74, 6) is 0. The van der Waals surface area contributed by atoms with Gasteiger partial charge in [-0.3, -0.25) is 0 Å². The summed E-state index contributed by atoms with van der Waals surface area (Å²) in [5.41, 5.74) is 6.48. The standard InChI is InChI=1S/C14H21NO2S/c15-11-10-14(12-6-2-1-3-7-12)18(16,17)13-8-4-5-9-13/h1-3,6-7,13-14H,4-5,8-11,15H2. The molecule has 4 heteroatoms. The Morgan fingerprint density at radius 3 is 2.33 bits per heavy atom. The Morgan fingerprint density at radius 2 is 1.78 bits per heavy atom. The average Bonchev–Trinajstić information content (AvgIpc) is 2.91. The molecule has 18 heavy (non-hydrogen) atoms. The quantitative estimate of drug-likeness (QED) is 0.891. The van der Waals surface area contributed by atoms with Gasteiger partial charge in [0.2, 0.25) is 0 Å². The van der Waals surface area contributed by atoms with Crippen LogP contribution in [0.25, 0.3) is 0 Å². The fraction of sp³-hybridized carbons (Fsp3) is 0.571.